The Morgan fingerprint density at radius 3 is 2.38 bits per heavy atom. The molecule has 1 N–H and O–H groups in total. The summed E-state index contributed by atoms with van der Waals surface area (Å²) in [6.45, 7) is 2.92. The molecule has 1 aromatic rings. The van der Waals surface area contributed by atoms with Gasteiger partial charge in [0.15, 0.2) is 0 Å². The van der Waals surface area contributed by atoms with Gasteiger partial charge in [0.05, 0.1) is 10.6 Å². The fourth-order valence-corrected chi connectivity index (χ4v) is 3.38. The SMILES string of the molecule is Cl.Fc1c(Cl)cc(C(F)(F)F)cc1[C@@H](CC1CC1)N1CCNCC1. The van der Waals surface area contributed by atoms with Crippen molar-refractivity contribution in [2.75, 3.05) is 26.2 Å². The molecule has 0 aromatic heterocycles. The molecule has 1 aliphatic carbocycles. The van der Waals surface area contributed by atoms with E-state index in [1.165, 1.54) is 0 Å². The standard InChI is InChI=1S/C16H19ClF4N2.ClH/c17-13-9-11(16(19,20)21)8-12(15(13)18)14(7-10-1-2-10)23-5-3-22-4-6-23;/h8-10,14,22H,1-7H2;1H/t14-;/m1./s1. The molecule has 1 heterocycles. The second-order valence-electron chi connectivity index (χ2n) is 6.34. The molecule has 0 unspecified atom stereocenters. The zero-order valence-corrected chi connectivity index (χ0v) is 14.6. The predicted molar refractivity (Wildman–Crippen MR) is 88.2 cm³/mol. The number of hydrogen-bond donors (Lipinski definition) is 1. The number of rotatable bonds is 4. The Labute approximate surface area is 149 Å². The van der Waals surface area contributed by atoms with E-state index in [4.69, 9.17) is 11.6 Å². The second kappa shape index (κ2) is 7.77. The number of benzene rings is 1. The summed E-state index contributed by atoms with van der Waals surface area (Å²) in [5.41, 5.74) is -0.798. The van der Waals surface area contributed by atoms with Crippen molar-refractivity contribution in [3.8, 4) is 0 Å². The van der Waals surface area contributed by atoms with Gasteiger partial charge in [-0.1, -0.05) is 24.4 Å². The third-order valence-corrected chi connectivity index (χ3v) is 4.86. The zero-order chi connectivity index (χ0) is 16.6. The molecule has 3 rings (SSSR count). The Balaban J connectivity index is 0.00000208. The molecule has 8 heteroatoms. The first kappa shape index (κ1) is 19.8. The third kappa shape index (κ3) is 4.54. The molecule has 136 valence electrons. The van der Waals surface area contributed by atoms with Gasteiger partial charge < -0.3 is 5.32 Å². The molecule has 1 saturated carbocycles. The number of alkyl halides is 3. The van der Waals surface area contributed by atoms with Gasteiger partial charge in [-0.15, -0.1) is 12.4 Å². The molecule has 0 spiro atoms. The highest BCUT2D eigenvalue weighted by atomic mass is 35.5. The quantitative estimate of drug-likeness (QED) is 0.756. The van der Waals surface area contributed by atoms with Crippen LogP contribution >= 0.6 is 24.0 Å². The Morgan fingerprint density at radius 2 is 1.83 bits per heavy atom. The van der Waals surface area contributed by atoms with E-state index in [2.05, 4.69) is 10.2 Å². The van der Waals surface area contributed by atoms with E-state index in [1.54, 1.807) is 0 Å². The molecular weight excluding hydrogens is 367 g/mol. The van der Waals surface area contributed by atoms with Crippen molar-refractivity contribution in [2.45, 2.75) is 31.5 Å². The van der Waals surface area contributed by atoms with Crippen molar-refractivity contribution in [1.82, 2.24) is 10.2 Å². The highest BCUT2D eigenvalue weighted by molar-refractivity contribution is 6.30. The summed E-state index contributed by atoms with van der Waals surface area (Å²) in [6, 6.07) is 1.27. The van der Waals surface area contributed by atoms with Crippen LogP contribution in [0.5, 0.6) is 0 Å². The number of nitrogens with zero attached hydrogens (tertiary/aromatic N) is 1. The molecule has 1 aliphatic heterocycles. The Morgan fingerprint density at radius 1 is 1.21 bits per heavy atom. The Kier molecular flexibility index (Phi) is 6.40. The van der Waals surface area contributed by atoms with E-state index in [0.717, 1.165) is 32.0 Å². The summed E-state index contributed by atoms with van der Waals surface area (Å²) in [7, 11) is 0. The second-order valence-corrected chi connectivity index (χ2v) is 6.75. The monoisotopic (exact) mass is 386 g/mol. The summed E-state index contributed by atoms with van der Waals surface area (Å²) in [4.78, 5) is 2.07. The number of halogens is 6. The van der Waals surface area contributed by atoms with E-state index in [-0.39, 0.29) is 24.0 Å². The summed E-state index contributed by atoms with van der Waals surface area (Å²) >= 11 is 5.75. The van der Waals surface area contributed by atoms with Crippen molar-refractivity contribution in [3.05, 3.63) is 34.1 Å². The van der Waals surface area contributed by atoms with E-state index >= 15 is 0 Å². The van der Waals surface area contributed by atoms with Crippen LogP contribution in [-0.2, 0) is 6.18 Å². The number of piperazine rings is 1. The zero-order valence-electron chi connectivity index (χ0n) is 13.0. The topological polar surface area (TPSA) is 15.3 Å². The molecule has 2 aliphatic rings. The molecule has 1 saturated heterocycles. The lowest BCUT2D eigenvalue weighted by atomic mass is 9.96. The van der Waals surface area contributed by atoms with Gasteiger partial charge in [0.1, 0.15) is 5.82 Å². The van der Waals surface area contributed by atoms with E-state index in [9.17, 15) is 17.6 Å². The van der Waals surface area contributed by atoms with Crippen molar-refractivity contribution in [3.63, 3.8) is 0 Å². The largest absolute Gasteiger partial charge is 0.416 e. The van der Waals surface area contributed by atoms with Gasteiger partial charge >= 0.3 is 6.18 Å². The molecule has 1 atom stereocenters. The maximum Gasteiger partial charge on any atom is 0.416 e. The van der Waals surface area contributed by atoms with Crippen LogP contribution in [0.1, 0.15) is 36.4 Å². The molecule has 24 heavy (non-hydrogen) atoms. The first-order valence-corrected chi connectivity index (χ1v) is 8.25. The van der Waals surface area contributed by atoms with Gasteiger partial charge in [0.2, 0.25) is 0 Å². The van der Waals surface area contributed by atoms with Gasteiger partial charge in [-0.2, -0.15) is 13.2 Å². The first-order valence-electron chi connectivity index (χ1n) is 7.87. The van der Waals surface area contributed by atoms with Crippen molar-refractivity contribution in [1.29, 1.82) is 0 Å². The van der Waals surface area contributed by atoms with Gasteiger partial charge in [-0.05, 0) is 24.5 Å². The van der Waals surface area contributed by atoms with E-state index < -0.39 is 22.6 Å². The molecule has 2 fully saturated rings. The predicted octanol–water partition coefficient (Wildman–Crippen LogP) is 4.67. The summed E-state index contributed by atoms with van der Waals surface area (Å²) in [5.74, 6) is -0.244. The van der Waals surface area contributed by atoms with Crippen molar-refractivity contribution >= 4 is 24.0 Å². The van der Waals surface area contributed by atoms with Crippen LogP contribution in [-0.4, -0.2) is 31.1 Å². The lowest BCUT2D eigenvalue weighted by Crippen LogP contribution is -2.45. The minimum Gasteiger partial charge on any atom is -0.314 e. The van der Waals surface area contributed by atoms with Gasteiger partial charge in [-0.25, -0.2) is 4.39 Å². The van der Waals surface area contributed by atoms with Crippen LogP contribution in [0.2, 0.25) is 5.02 Å². The fourth-order valence-electron chi connectivity index (χ4n) is 3.15. The molecule has 0 amide bonds. The summed E-state index contributed by atoms with van der Waals surface area (Å²) in [5, 5.41) is 2.76. The van der Waals surface area contributed by atoms with Crippen LogP contribution in [0, 0.1) is 11.7 Å². The lowest BCUT2D eigenvalue weighted by molar-refractivity contribution is -0.137. The Hall–Kier alpha value is -0.560. The van der Waals surface area contributed by atoms with Gasteiger partial charge in [0.25, 0.3) is 0 Å². The summed E-state index contributed by atoms with van der Waals surface area (Å²) in [6.07, 6.45) is -1.71. The van der Waals surface area contributed by atoms with Gasteiger partial charge in [0, 0.05) is 37.8 Å². The van der Waals surface area contributed by atoms with Crippen LogP contribution < -0.4 is 5.32 Å². The molecule has 0 radical (unpaired) electrons. The van der Waals surface area contributed by atoms with E-state index in [0.29, 0.717) is 31.5 Å². The van der Waals surface area contributed by atoms with Crippen molar-refractivity contribution in [2.24, 2.45) is 5.92 Å². The fraction of sp³-hybridized carbons (Fsp3) is 0.625. The summed E-state index contributed by atoms with van der Waals surface area (Å²) < 4.78 is 53.7. The average Bonchev–Trinajstić information content (AvgIpc) is 3.32. The first-order chi connectivity index (χ1) is 10.9. The van der Waals surface area contributed by atoms with Crippen LogP contribution in [0.25, 0.3) is 0 Å². The van der Waals surface area contributed by atoms with Gasteiger partial charge in [-0.3, -0.25) is 4.90 Å². The Bertz CT molecular complexity index is 570. The van der Waals surface area contributed by atoms with Crippen LogP contribution in [0.15, 0.2) is 12.1 Å². The maximum absolute atomic E-state index is 14.5. The molecule has 2 nitrogen and oxygen atoms in total. The smallest absolute Gasteiger partial charge is 0.314 e. The number of nitrogens with one attached hydrogen (secondary N) is 1. The van der Waals surface area contributed by atoms with E-state index in [1.807, 2.05) is 0 Å². The normalized spacial score (nSPS) is 20.5. The van der Waals surface area contributed by atoms with Crippen LogP contribution in [0.3, 0.4) is 0 Å². The third-order valence-electron chi connectivity index (χ3n) is 4.59. The lowest BCUT2D eigenvalue weighted by Gasteiger charge is -2.36. The maximum atomic E-state index is 14.5. The highest BCUT2D eigenvalue weighted by Crippen LogP contribution is 2.43. The number of hydrogen-bond acceptors (Lipinski definition) is 2. The minimum absolute atomic E-state index is 0. The molecule has 0 bridgehead atoms. The molecule has 1 aromatic carbocycles. The molecular formula is C16H20Cl2F4N2. The van der Waals surface area contributed by atoms with Crippen LogP contribution in [0.4, 0.5) is 17.6 Å². The average molecular weight is 387 g/mol. The van der Waals surface area contributed by atoms with Crippen molar-refractivity contribution < 1.29 is 17.6 Å². The highest BCUT2D eigenvalue weighted by Gasteiger charge is 2.36. The minimum atomic E-state index is -4.53.